The van der Waals surface area contributed by atoms with E-state index in [0.717, 1.165) is 0 Å². The van der Waals surface area contributed by atoms with Crippen molar-refractivity contribution in [2.75, 3.05) is 13.2 Å². The first-order chi connectivity index (χ1) is 6.81. The summed E-state index contributed by atoms with van der Waals surface area (Å²) in [5, 5.41) is 29.0. The van der Waals surface area contributed by atoms with Crippen molar-refractivity contribution in [3.05, 3.63) is 0 Å². The second kappa shape index (κ2) is 8.03. The van der Waals surface area contributed by atoms with Crippen LogP contribution >= 0.6 is 0 Å². The zero-order valence-corrected chi connectivity index (χ0v) is 11.9. The van der Waals surface area contributed by atoms with Gasteiger partial charge < -0.3 is 20.6 Å². The molecule has 0 bridgehead atoms. The number of carbonyl (C=O) groups excluding carboxylic acids is 1. The molecule has 0 unspecified atom stereocenters. The fourth-order valence-electron chi connectivity index (χ4n) is 0.831. The number of aliphatic carboxylic acids is 1. The molecular weight excluding hydrogens is 225 g/mol. The molecule has 0 saturated heterocycles. The molecule has 0 aliphatic rings. The van der Waals surface area contributed by atoms with Gasteiger partial charge in [0, 0.05) is 41.5 Å². The molecule has 16 heavy (non-hydrogen) atoms. The monoisotopic (exact) mass is 242 g/mol. The SMILES string of the molecule is CC(C)(CO)[C@@H](O)C(=O)NCCC(=O)O.[Na]. The zero-order valence-electron chi connectivity index (χ0n) is 9.86. The van der Waals surface area contributed by atoms with Gasteiger partial charge in [-0.05, 0) is 0 Å². The summed E-state index contributed by atoms with van der Waals surface area (Å²) >= 11 is 0. The Morgan fingerprint density at radius 1 is 1.38 bits per heavy atom. The second-order valence-electron chi connectivity index (χ2n) is 3.98. The van der Waals surface area contributed by atoms with Gasteiger partial charge in [-0.25, -0.2) is 0 Å². The summed E-state index contributed by atoms with van der Waals surface area (Å²) < 4.78 is 0. The van der Waals surface area contributed by atoms with E-state index in [0.29, 0.717) is 0 Å². The van der Waals surface area contributed by atoms with Gasteiger partial charge in [0.2, 0.25) is 5.91 Å². The van der Waals surface area contributed by atoms with Crippen LogP contribution in [0.25, 0.3) is 0 Å². The molecule has 1 atom stereocenters. The summed E-state index contributed by atoms with van der Waals surface area (Å²) in [5.41, 5.74) is -0.937. The molecule has 0 aliphatic carbocycles. The van der Waals surface area contributed by atoms with Crippen molar-refractivity contribution in [1.29, 1.82) is 0 Å². The zero-order chi connectivity index (χ0) is 12.1. The summed E-state index contributed by atoms with van der Waals surface area (Å²) in [5.74, 6) is -1.69. The van der Waals surface area contributed by atoms with Gasteiger partial charge in [0.05, 0.1) is 13.0 Å². The standard InChI is InChI=1S/C9H17NO5.Na/c1-9(2,5-11)7(14)8(15)10-4-3-6(12)13;/h7,11,14H,3-5H2,1-2H3,(H,10,15)(H,12,13);/t7-;/m0./s1. The number of carbonyl (C=O) groups is 2. The molecule has 0 rings (SSSR count). The van der Waals surface area contributed by atoms with Gasteiger partial charge in [-0.1, -0.05) is 13.8 Å². The second-order valence-corrected chi connectivity index (χ2v) is 3.98. The predicted octanol–water partition coefficient (Wildman–Crippen LogP) is -1.42. The number of carboxylic acids is 1. The molecule has 0 spiro atoms. The summed E-state index contributed by atoms with van der Waals surface area (Å²) in [6, 6.07) is 0. The Kier molecular flexibility index (Phi) is 9.14. The number of rotatable bonds is 6. The average molecular weight is 242 g/mol. The molecule has 0 fully saturated rings. The Labute approximate surface area is 116 Å². The van der Waals surface area contributed by atoms with Gasteiger partial charge in [0.25, 0.3) is 0 Å². The van der Waals surface area contributed by atoms with Crippen LogP contribution in [0.1, 0.15) is 20.3 Å². The van der Waals surface area contributed by atoms with E-state index in [1.165, 1.54) is 13.8 Å². The molecule has 1 amide bonds. The minimum absolute atomic E-state index is 0. The minimum Gasteiger partial charge on any atom is -0.481 e. The van der Waals surface area contributed by atoms with Crippen LogP contribution in [0.4, 0.5) is 0 Å². The van der Waals surface area contributed by atoms with Crippen LogP contribution in [0, 0.1) is 5.41 Å². The third kappa shape index (κ3) is 6.44. The first-order valence-corrected chi connectivity index (χ1v) is 4.59. The normalized spacial score (nSPS) is 12.5. The van der Waals surface area contributed by atoms with E-state index in [4.69, 9.17) is 10.2 Å². The fourth-order valence-corrected chi connectivity index (χ4v) is 0.831. The third-order valence-corrected chi connectivity index (χ3v) is 2.03. The maximum Gasteiger partial charge on any atom is 0.305 e. The molecule has 7 heteroatoms. The molecule has 4 N–H and O–H groups in total. The number of nitrogens with one attached hydrogen (secondary N) is 1. The summed E-state index contributed by atoms with van der Waals surface area (Å²) in [6.45, 7) is 2.70. The maximum absolute atomic E-state index is 11.3. The van der Waals surface area contributed by atoms with Gasteiger partial charge in [0.15, 0.2) is 0 Å². The number of hydrogen-bond donors (Lipinski definition) is 4. The summed E-state index contributed by atoms with van der Waals surface area (Å²) in [4.78, 5) is 21.4. The van der Waals surface area contributed by atoms with Crippen molar-refractivity contribution in [3.8, 4) is 0 Å². The number of carboxylic acid groups (broad SMARTS) is 1. The Balaban J connectivity index is 0. The van der Waals surface area contributed by atoms with Crippen LogP contribution in [0.3, 0.4) is 0 Å². The van der Waals surface area contributed by atoms with Crippen molar-refractivity contribution in [2.24, 2.45) is 5.41 Å². The van der Waals surface area contributed by atoms with E-state index >= 15 is 0 Å². The van der Waals surface area contributed by atoms with Gasteiger partial charge >= 0.3 is 5.97 Å². The van der Waals surface area contributed by atoms with Gasteiger partial charge in [0.1, 0.15) is 6.10 Å². The van der Waals surface area contributed by atoms with E-state index < -0.39 is 23.4 Å². The van der Waals surface area contributed by atoms with Crippen LogP contribution in [0.2, 0.25) is 0 Å². The molecule has 0 aliphatic heterocycles. The smallest absolute Gasteiger partial charge is 0.305 e. The molecule has 0 aromatic rings. The van der Waals surface area contributed by atoms with Crippen molar-refractivity contribution < 1.29 is 24.9 Å². The quantitative estimate of drug-likeness (QED) is 0.427. The Hall–Kier alpha value is -0.140. The first kappa shape index (κ1) is 18.2. The number of amides is 1. The van der Waals surface area contributed by atoms with Gasteiger partial charge in [-0.2, -0.15) is 0 Å². The molecule has 0 aromatic heterocycles. The van der Waals surface area contributed by atoms with Crippen LogP contribution in [-0.2, 0) is 9.59 Å². The van der Waals surface area contributed by atoms with E-state index in [9.17, 15) is 14.7 Å². The topological polar surface area (TPSA) is 107 Å². The Bertz CT molecular complexity index is 244. The number of aliphatic hydroxyl groups is 2. The molecular formula is C9H17NNaO5. The van der Waals surface area contributed by atoms with Gasteiger partial charge in [-0.15, -0.1) is 0 Å². The fraction of sp³-hybridized carbons (Fsp3) is 0.778. The molecule has 89 valence electrons. The van der Waals surface area contributed by atoms with Crippen molar-refractivity contribution in [1.82, 2.24) is 5.32 Å². The van der Waals surface area contributed by atoms with Crippen LogP contribution in [-0.4, -0.2) is 76.0 Å². The Morgan fingerprint density at radius 3 is 2.25 bits per heavy atom. The summed E-state index contributed by atoms with van der Waals surface area (Å²) in [6.07, 6.45) is -1.55. The molecule has 1 radical (unpaired) electrons. The third-order valence-electron chi connectivity index (χ3n) is 2.03. The van der Waals surface area contributed by atoms with Crippen molar-refractivity contribution in [2.45, 2.75) is 26.4 Å². The van der Waals surface area contributed by atoms with Crippen molar-refractivity contribution in [3.63, 3.8) is 0 Å². The minimum atomic E-state index is -1.35. The number of aliphatic hydroxyl groups excluding tert-OH is 2. The van der Waals surface area contributed by atoms with E-state index in [2.05, 4.69) is 5.32 Å². The largest absolute Gasteiger partial charge is 0.481 e. The first-order valence-electron chi connectivity index (χ1n) is 4.59. The van der Waals surface area contributed by atoms with Gasteiger partial charge in [-0.3, -0.25) is 9.59 Å². The summed E-state index contributed by atoms with van der Waals surface area (Å²) in [7, 11) is 0. The molecule has 0 heterocycles. The molecule has 6 nitrogen and oxygen atoms in total. The Morgan fingerprint density at radius 2 is 1.88 bits per heavy atom. The van der Waals surface area contributed by atoms with E-state index in [-0.39, 0.29) is 49.1 Å². The predicted molar refractivity (Wildman–Crippen MR) is 57.9 cm³/mol. The van der Waals surface area contributed by atoms with E-state index in [1.54, 1.807) is 0 Å². The maximum atomic E-state index is 11.3. The van der Waals surface area contributed by atoms with Crippen LogP contribution < -0.4 is 5.32 Å². The molecule has 0 aromatic carbocycles. The van der Waals surface area contributed by atoms with Crippen LogP contribution in [0.5, 0.6) is 0 Å². The van der Waals surface area contributed by atoms with Crippen molar-refractivity contribution >= 4 is 41.4 Å². The number of hydrogen-bond acceptors (Lipinski definition) is 4. The van der Waals surface area contributed by atoms with E-state index in [1.807, 2.05) is 0 Å². The van der Waals surface area contributed by atoms with Crippen LogP contribution in [0.15, 0.2) is 0 Å². The molecule has 0 saturated carbocycles. The average Bonchev–Trinajstić information content (AvgIpc) is 2.15.